The number of thioether (sulfide) groups is 1. The number of thiocarbonyl (C=S) groups is 1. The van der Waals surface area contributed by atoms with Gasteiger partial charge >= 0.3 is 5.69 Å². The van der Waals surface area contributed by atoms with E-state index in [4.69, 9.17) is 17.0 Å². The molecule has 0 aliphatic carbocycles. The van der Waals surface area contributed by atoms with Crippen molar-refractivity contribution in [1.29, 1.82) is 0 Å². The third-order valence-corrected chi connectivity index (χ3v) is 5.26. The van der Waals surface area contributed by atoms with Gasteiger partial charge in [-0.05, 0) is 42.1 Å². The van der Waals surface area contributed by atoms with Gasteiger partial charge in [-0.3, -0.25) is 30.4 Å². The summed E-state index contributed by atoms with van der Waals surface area (Å²) in [7, 11) is 0. The van der Waals surface area contributed by atoms with E-state index >= 15 is 0 Å². The van der Waals surface area contributed by atoms with Gasteiger partial charge in [0.05, 0.1) is 20.8 Å². The van der Waals surface area contributed by atoms with E-state index in [1.54, 1.807) is 36.4 Å². The Morgan fingerprint density at radius 1 is 1.16 bits per heavy atom. The number of ether oxygens (including phenoxy) is 1. The quantitative estimate of drug-likeness (QED) is 0.202. The zero-order valence-electron chi connectivity index (χ0n) is 15.7. The Balaban J connectivity index is 1.81. The number of hydrogen-bond donors (Lipinski definition) is 1. The summed E-state index contributed by atoms with van der Waals surface area (Å²) in [5.41, 5.74) is 2.23. The van der Waals surface area contributed by atoms with Gasteiger partial charge < -0.3 is 4.74 Å². The molecule has 0 radical (unpaired) electrons. The molecule has 2 aromatic rings. The van der Waals surface area contributed by atoms with Gasteiger partial charge in [0.15, 0.2) is 4.32 Å². The van der Waals surface area contributed by atoms with Crippen molar-refractivity contribution in [3.8, 4) is 5.75 Å². The molecule has 3 rings (SSSR count). The number of carbonyl (C=O) groups excluding carboxylic acids is 1. The van der Waals surface area contributed by atoms with E-state index in [1.165, 1.54) is 0 Å². The van der Waals surface area contributed by atoms with Gasteiger partial charge in [-0.1, -0.05) is 36.5 Å². The maximum absolute atomic E-state index is 12.8. The van der Waals surface area contributed by atoms with E-state index in [-0.39, 0.29) is 10.0 Å². The molecule has 0 spiro atoms. The monoisotopic (exact) mass is 458 g/mol. The molecule has 0 unspecified atom stereocenters. The molecule has 1 saturated heterocycles. The maximum atomic E-state index is 12.8. The van der Waals surface area contributed by atoms with Gasteiger partial charge in [-0.25, -0.2) is 5.01 Å². The molecular formula is C19H14N4O6S2. The van der Waals surface area contributed by atoms with Crippen molar-refractivity contribution in [2.45, 2.75) is 0 Å². The van der Waals surface area contributed by atoms with E-state index in [0.717, 1.165) is 40.5 Å². The van der Waals surface area contributed by atoms with E-state index in [2.05, 4.69) is 12.0 Å². The lowest BCUT2D eigenvalue weighted by atomic mass is 10.2. The second kappa shape index (κ2) is 9.36. The Labute approximate surface area is 185 Å². The zero-order chi connectivity index (χ0) is 22.5. The maximum Gasteiger partial charge on any atom is 0.300 e. The molecule has 1 aliphatic rings. The van der Waals surface area contributed by atoms with Gasteiger partial charge in [-0.15, -0.1) is 0 Å². The third-order valence-electron chi connectivity index (χ3n) is 3.96. The van der Waals surface area contributed by atoms with Gasteiger partial charge in [0.2, 0.25) is 0 Å². The fraction of sp³-hybridized carbons (Fsp3) is 0.0526. The topological polar surface area (TPSA) is 128 Å². The molecule has 10 nitrogen and oxygen atoms in total. The molecular weight excluding hydrogens is 444 g/mol. The van der Waals surface area contributed by atoms with Crippen LogP contribution in [0.3, 0.4) is 0 Å². The number of anilines is 1. The lowest BCUT2D eigenvalue weighted by molar-refractivity contribution is -0.393. The molecule has 0 bridgehead atoms. The van der Waals surface area contributed by atoms with Crippen LogP contribution in [0.4, 0.5) is 17.1 Å². The van der Waals surface area contributed by atoms with Crippen molar-refractivity contribution in [1.82, 2.24) is 5.01 Å². The standard InChI is InChI=1S/C19H14N4O6S2/c1-2-9-29-14-6-3-12(4-7-14)10-17-18(24)21(19(30)31-17)20-15-8-5-13(22(25)26)11-16(15)23(27)28/h2-8,10-11,20H,1,9H2/b17-10+. The summed E-state index contributed by atoms with van der Waals surface area (Å²) in [6.45, 7) is 3.95. The first-order chi connectivity index (χ1) is 14.8. The van der Waals surface area contributed by atoms with Gasteiger partial charge in [0, 0.05) is 6.07 Å². The van der Waals surface area contributed by atoms with Crippen LogP contribution in [0.25, 0.3) is 6.08 Å². The molecule has 1 aliphatic heterocycles. The molecule has 0 aromatic heterocycles. The lowest BCUT2D eigenvalue weighted by Gasteiger charge is -2.16. The van der Waals surface area contributed by atoms with Crippen molar-refractivity contribution in [2.24, 2.45) is 0 Å². The van der Waals surface area contributed by atoms with Crippen LogP contribution in [-0.2, 0) is 4.79 Å². The van der Waals surface area contributed by atoms with Crippen molar-refractivity contribution in [2.75, 3.05) is 12.0 Å². The Kier molecular flexibility index (Phi) is 6.62. The molecule has 1 fully saturated rings. The number of nitro groups is 2. The summed E-state index contributed by atoms with van der Waals surface area (Å²) in [6, 6.07) is 10.1. The van der Waals surface area contributed by atoms with Crippen LogP contribution in [0, 0.1) is 20.2 Å². The Hall–Kier alpha value is -3.77. The number of nitro benzene ring substituents is 2. The average Bonchev–Trinajstić information content (AvgIpc) is 3.00. The minimum atomic E-state index is -0.779. The second-order valence-corrected chi connectivity index (χ2v) is 7.69. The number of hydrogen-bond acceptors (Lipinski definition) is 9. The molecule has 0 atom stereocenters. The number of hydrazine groups is 1. The van der Waals surface area contributed by atoms with Crippen LogP contribution < -0.4 is 10.2 Å². The van der Waals surface area contributed by atoms with Gasteiger partial charge in [0.1, 0.15) is 18.0 Å². The normalized spacial score (nSPS) is 14.6. The van der Waals surface area contributed by atoms with Crippen LogP contribution in [0.1, 0.15) is 5.56 Å². The second-order valence-electron chi connectivity index (χ2n) is 6.01. The Morgan fingerprint density at radius 3 is 2.48 bits per heavy atom. The number of nitrogens with zero attached hydrogens (tertiary/aromatic N) is 3. The first-order valence-corrected chi connectivity index (χ1v) is 9.84. The first kappa shape index (κ1) is 21.9. The summed E-state index contributed by atoms with van der Waals surface area (Å²) in [6.07, 6.45) is 3.25. The van der Waals surface area contributed by atoms with Crippen molar-refractivity contribution >= 4 is 57.3 Å². The highest BCUT2D eigenvalue weighted by atomic mass is 32.2. The fourth-order valence-electron chi connectivity index (χ4n) is 2.53. The first-order valence-electron chi connectivity index (χ1n) is 8.61. The smallest absolute Gasteiger partial charge is 0.300 e. The summed E-state index contributed by atoms with van der Waals surface area (Å²) in [5.74, 6) is 0.145. The number of rotatable bonds is 8. The van der Waals surface area contributed by atoms with E-state index in [1.807, 2.05) is 0 Å². The summed E-state index contributed by atoms with van der Waals surface area (Å²) in [4.78, 5) is 33.7. The van der Waals surface area contributed by atoms with E-state index < -0.39 is 27.1 Å². The number of benzene rings is 2. The number of non-ortho nitro benzene ring substituents is 1. The highest BCUT2D eigenvalue weighted by Crippen LogP contribution is 2.35. The van der Waals surface area contributed by atoms with E-state index in [0.29, 0.717) is 17.3 Å². The summed E-state index contributed by atoms with van der Waals surface area (Å²) < 4.78 is 5.54. The van der Waals surface area contributed by atoms with Crippen LogP contribution >= 0.6 is 24.0 Å². The van der Waals surface area contributed by atoms with Crippen LogP contribution in [0.15, 0.2) is 60.0 Å². The number of nitrogens with one attached hydrogen (secondary N) is 1. The highest BCUT2D eigenvalue weighted by molar-refractivity contribution is 8.26. The van der Waals surface area contributed by atoms with Crippen molar-refractivity contribution < 1.29 is 19.4 Å². The molecule has 2 aromatic carbocycles. The molecule has 12 heteroatoms. The predicted molar refractivity (Wildman–Crippen MR) is 121 cm³/mol. The predicted octanol–water partition coefficient (Wildman–Crippen LogP) is 4.30. The minimum Gasteiger partial charge on any atom is -0.490 e. The number of amides is 1. The van der Waals surface area contributed by atoms with Crippen LogP contribution in [0.5, 0.6) is 5.75 Å². The fourth-order valence-corrected chi connectivity index (χ4v) is 3.71. The minimum absolute atomic E-state index is 0.100. The molecule has 1 amide bonds. The van der Waals surface area contributed by atoms with Crippen molar-refractivity contribution in [3.63, 3.8) is 0 Å². The Morgan fingerprint density at radius 2 is 1.87 bits per heavy atom. The zero-order valence-corrected chi connectivity index (χ0v) is 17.4. The van der Waals surface area contributed by atoms with Crippen LogP contribution in [-0.4, -0.2) is 31.7 Å². The highest BCUT2D eigenvalue weighted by Gasteiger charge is 2.34. The van der Waals surface area contributed by atoms with E-state index in [9.17, 15) is 25.0 Å². The largest absolute Gasteiger partial charge is 0.490 e. The van der Waals surface area contributed by atoms with Gasteiger partial charge in [-0.2, -0.15) is 0 Å². The SMILES string of the molecule is C=CCOc1ccc(/C=C2/SC(=S)N(Nc3ccc([N+](=O)[O-])cc3[N+](=O)[O-])C2=O)cc1. The molecule has 158 valence electrons. The molecule has 1 heterocycles. The van der Waals surface area contributed by atoms with Crippen LogP contribution in [0.2, 0.25) is 0 Å². The Bertz CT molecular complexity index is 1120. The number of carbonyl (C=O) groups is 1. The van der Waals surface area contributed by atoms with Gasteiger partial charge in [0.25, 0.3) is 11.6 Å². The summed E-state index contributed by atoms with van der Waals surface area (Å²) in [5, 5.41) is 23.2. The molecule has 31 heavy (non-hydrogen) atoms. The summed E-state index contributed by atoms with van der Waals surface area (Å²) >= 11 is 6.23. The average molecular weight is 458 g/mol. The van der Waals surface area contributed by atoms with Crippen molar-refractivity contribution in [3.05, 3.63) is 85.8 Å². The molecule has 1 N–H and O–H groups in total. The lowest BCUT2D eigenvalue weighted by Crippen LogP contribution is -2.34. The third kappa shape index (κ3) is 5.05. The molecule has 0 saturated carbocycles.